The number of fused-ring (bicyclic) bond motifs is 1. The first-order valence-corrected chi connectivity index (χ1v) is 5.75. The summed E-state index contributed by atoms with van der Waals surface area (Å²) in [6.07, 6.45) is 0.573. The van der Waals surface area contributed by atoms with Crippen LogP contribution in [0.15, 0.2) is 24.3 Å². The molecule has 17 heavy (non-hydrogen) atoms. The van der Waals surface area contributed by atoms with Crippen LogP contribution < -0.4 is 5.32 Å². The van der Waals surface area contributed by atoms with Crippen molar-refractivity contribution in [3.63, 3.8) is 0 Å². The van der Waals surface area contributed by atoms with Gasteiger partial charge in [-0.2, -0.15) is 0 Å². The lowest BCUT2D eigenvalue weighted by Gasteiger charge is -2.25. The fourth-order valence-corrected chi connectivity index (χ4v) is 2.00. The normalized spacial score (nSPS) is 18.2. The number of para-hydroxylation sites is 1. The molecule has 4 heteroatoms. The van der Waals surface area contributed by atoms with Gasteiger partial charge in [-0.1, -0.05) is 12.1 Å². The summed E-state index contributed by atoms with van der Waals surface area (Å²) in [5, 5.41) is 3.20. The van der Waals surface area contributed by atoms with E-state index in [0.717, 1.165) is 5.69 Å². The lowest BCUT2D eigenvalue weighted by Crippen LogP contribution is -2.31. The predicted octanol–water partition coefficient (Wildman–Crippen LogP) is 2.01. The van der Waals surface area contributed by atoms with Crippen molar-refractivity contribution in [1.29, 1.82) is 0 Å². The van der Waals surface area contributed by atoms with Crippen LogP contribution in [0.5, 0.6) is 0 Å². The Morgan fingerprint density at radius 2 is 2.24 bits per heavy atom. The van der Waals surface area contributed by atoms with Crippen LogP contribution in [0.25, 0.3) is 0 Å². The van der Waals surface area contributed by atoms with Gasteiger partial charge in [0.2, 0.25) is 0 Å². The number of ketones is 1. The number of carbonyl (C=O) groups excluding carboxylic acids is 2. The van der Waals surface area contributed by atoms with Crippen LogP contribution in [0.4, 0.5) is 5.69 Å². The van der Waals surface area contributed by atoms with Crippen LogP contribution in [0.1, 0.15) is 30.1 Å². The van der Waals surface area contributed by atoms with Gasteiger partial charge in [-0.3, -0.25) is 9.59 Å². The minimum absolute atomic E-state index is 0.0775. The minimum Gasteiger partial charge on any atom is -0.466 e. The van der Waals surface area contributed by atoms with E-state index in [9.17, 15) is 9.59 Å². The summed E-state index contributed by atoms with van der Waals surface area (Å²) < 4.78 is 4.88. The first kappa shape index (κ1) is 11.6. The lowest BCUT2D eigenvalue weighted by atomic mass is 9.95. The number of benzene rings is 1. The SMILES string of the molecule is CCOC(=O)CC1CC(=O)c2ccccc2N1. The molecule has 0 saturated carbocycles. The number of nitrogens with one attached hydrogen (secondary N) is 1. The molecule has 0 spiro atoms. The Labute approximate surface area is 100.0 Å². The molecule has 0 amide bonds. The van der Waals surface area contributed by atoms with Gasteiger partial charge >= 0.3 is 5.97 Å². The third kappa shape index (κ3) is 2.64. The van der Waals surface area contributed by atoms with Gasteiger partial charge in [-0.05, 0) is 19.1 Å². The molecular formula is C13H15NO3. The Balaban J connectivity index is 2.07. The minimum atomic E-state index is -0.266. The number of rotatable bonds is 3. The molecule has 1 aromatic carbocycles. The highest BCUT2D eigenvalue weighted by Gasteiger charge is 2.25. The average Bonchev–Trinajstić information content (AvgIpc) is 2.29. The standard InChI is InChI=1S/C13H15NO3/c1-2-17-13(16)8-9-7-12(15)10-5-3-4-6-11(10)14-9/h3-6,9,14H,2,7-8H2,1H3. The fraction of sp³-hybridized carbons (Fsp3) is 0.385. The van der Waals surface area contributed by atoms with Crippen molar-refractivity contribution in [3.8, 4) is 0 Å². The summed E-state index contributed by atoms with van der Waals surface area (Å²) >= 11 is 0. The number of hydrogen-bond acceptors (Lipinski definition) is 4. The Hall–Kier alpha value is -1.84. The van der Waals surface area contributed by atoms with Crippen molar-refractivity contribution < 1.29 is 14.3 Å². The maximum absolute atomic E-state index is 11.8. The summed E-state index contributed by atoms with van der Waals surface area (Å²) in [6, 6.07) is 7.20. The van der Waals surface area contributed by atoms with Crippen molar-refractivity contribution in [2.24, 2.45) is 0 Å². The molecule has 1 atom stereocenters. The summed E-state index contributed by atoms with van der Waals surface area (Å²) in [4.78, 5) is 23.2. The number of esters is 1. The molecule has 1 heterocycles. The quantitative estimate of drug-likeness (QED) is 0.811. The topological polar surface area (TPSA) is 55.4 Å². The molecule has 0 aromatic heterocycles. The highest BCUT2D eigenvalue weighted by molar-refractivity contribution is 6.03. The van der Waals surface area contributed by atoms with Gasteiger partial charge < -0.3 is 10.1 Å². The van der Waals surface area contributed by atoms with E-state index in [1.54, 1.807) is 13.0 Å². The van der Waals surface area contributed by atoms with Gasteiger partial charge in [0.15, 0.2) is 5.78 Å². The summed E-state index contributed by atoms with van der Waals surface area (Å²) in [5.74, 6) is -0.189. The summed E-state index contributed by atoms with van der Waals surface area (Å²) in [5.41, 5.74) is 1.51. The Kier molecular flexibility index (Phi) is 3.42. The van der Waals surface area contributed by atoms with Gasteiger partial charge in [0, 0.05) is 23.7 Å². The first-order valence-electron chi connectivity index (χ1n) is 5.75. The Bertz CT molecular complexity index is 442. The molecule has 1 aliphatic rings. The zero-order valence-corrected chi connectivity index (χ0v) is 9.73. The van der Waals surface area contributed by atoms with Crippen molar-refractivity contribution in [2.75, 3.05) is 11.9 Å². The number of carbonyl (C=O) groups is 2. The molecule has 0 radical (unpaired) electrons. The van der Waals surface area contributed by atoms with Gasteiger partial charge in [0.1, 0.15) is 0 Å². The first-order chi connectivity index (χ1) is 8.20. The van der Waals surface area contributed by atoms with Crippen LogP contribution in [0.3, 0.4) is 0 Å². The van der Waals surface area contributed by atoms with Gasteiger partial charge in [0.05, 0.1) is 13.0 Å². The number of Topliss-reactive ketones (excluding diaryl/α,β-unsaturated/α-hetero) is 1. The lowest BCUT2D eigenvalue weighted by molar-refractivity contribution is -0.143. The molecule has 0 bridgehead atoms. The van der Waals surface area contributed by atoms with Crippen LogP contribution in [-0.4, -0.2) is 24.4 Å². The van der Waals surface area contributed by atoms with Gasteiger partial charge in [0.25, 0.3) is 0 Å². The predicted molar refractivity (Wildman–Crippen MR) is 64.1 cm³/mol. The van der Waals surface area contributed by atoms with E-state index in [1.165, 1.54) is 0 Å². The highest BCUT2D eigenvalue weighted by atomic mass is 16.5. The number of ether oxygens (including phenoxy) is 1. The number of anilines is 1. The largest absolute Gasteiger partial charge is 0.466 e. The van der Waals surface area contributed by atoms with Gasteiger partial charge in [-0.15, -0.1) is 0 Å². The zero-order chi connectivity index (χ0) is 12.3. The molecule has 1 aliphatic heterocycles. The Morgan fingerprint density at radius 3 is 3.00 bits per heavy atom. The molecule has 4 nitrogen and oxygen atoms in total. The average molecular weight is 233 g/mol. The molecule has 0 aliphatic carbocycles. The third-order valence-electron chi connectivity index (χ3n) is 2.74. The second kappa shape index (κ2) is 4.99. The molecule has 1 N–H and O–H groups in total. The van der Waals surface area contributed by atoms with E-state index >= 15 is 0 Å². The fourth-order valence-electron chi connectivity index (χ4n) is 2.00. The van der Waals surface area contributed by atoms with E-state index in [1.807, 2.05) is 18.2 Å². The molecule has 1 aromatic rings. The molecule has 0 fully saturated rings. The zero-order valence-electron chi connectivity index (χ0n) is 9.73. The summed E-state index contributed by atoms with van der Waals surface area (Å²) in [6.45, 7) is 2.14. The molecule has 0 saturated heterocycles. The maximum Gasteiger partial charge on any atom is 0.307 e. The van der Waals surface area contributed by atoms with Crippen molar-refractivity contribution in [2.45, 2.75) is 25.8 Å². The van der Waals surface area contributed by atoms with Crippen molar-refractivity contribution in [3.05, 3.63) is 29.8 Å². The highest BCUT2D eigenvalue weighted by Crippen LogP contribution is 2.25. The van der Waals surface area contributed by atoms with Crippen molar-refractivity contribution >= 4 is 17.4 Å². The molecule has 2 rings (SSSR count). The van der Waals surface area contributed by atoms with Gasteiger partial charge in [-0.25, -0.2) is 0 Å². The smallest absolute Gasteiger partial charge is 0.307 e. The monoisotopic (exact) mass is 233 g/mol. The molecular weight excluding hydrogens is 218 g/mol. The maximum atomic E-state index is 11.8. The number of hydrogen-bond donors (Lipinski definition) is 1. The van der Waals surface area contributed by atoms with Crippen LogP contribution in [0, 0.1) is 0 Å². The second-order valence-electron chi connectivity index (χ2n) is 4.02. The summed E-state index contributed by atoms with van der Waals surface area (Å²) in [7, 11) is 0. The van der Waals surface area contributed by atoms with Crippen LogP contribution in [-0.2, 0) is 9.53 Å². The van der Waals surface area contributed by atoms with E-state index in [-0.39, 0.29) is 24.2 Å². The third-order valence-corrected chi connectivity index (χ3v) is 2.74. The van der Waals surface area contributed by atoms with E-state index < -0.39 is 0 Å². The second-order valence-corrected chi connectivity index (χ2v) is 4.02. The Morgan fingerprint density at radius 1 is 1.47 bits per heavy atom. The molecule has 1 unspecified atom stereocenters. The van der Waals surface area contributed by atoms with E-state index in [2.05, 4.69) is 5.32 Å². The molecule has 90 valence electrons. The van der Waals surface area contributed by atoms with Crippen LogP contribution >= 0.6 is 0 Å². The van der Waals surface area contributed by atoms with Crippen LogP contribution in [0.2, 0.25) is 0 Å². The van der Waals surface area contributed by atoms with Crippen molar-refractivity contribution in [1.82, 2.24) is 0 Å². The van der Waals surface area contributed by atoms with E-state index in [4.69, 9.17) is 4.74 Å². The van der Waals surface area contributed by atoms with E-state index in [0.29, 0.717) is 18.6 Å².